The summed E-state index contributed by atoms with van der Waals surface area (Å²) < 4.78 is 27.9. The summed E-state index contributed by atoms with van der Waals surface area (Å²) in [5, 5.41) is 4.94. The highest BCUT2D eigenvalue weighted by Crippen LogP contribution is 2.11. The molecule has 0 spiro atoms. The molecule has 1 aromatic rings. The lowest BCUT2D eigenvalue weighted by Crippen LogP contribution is -2.30. The van der Waals surface area contributed by atoms with Crippen molar-refractivity contribution in [2.75, 3.05) is 11.9 Å². The third-order valence-electron chi connectivity index (χ3n) is 2.71. The van der Waals surface area contributed by atoms with Crippen LogP contribution >= 0.6 is 15.9 Å². The van der Waals surface area contributed by atoms with Crippen molar-refractivity contribution in [2.45, 2.75) is 24.8 Å². The highest BCUT2D eigenvalue weighted by Gasteiger charge is 2.18. The fraction of sp³-hybridized carbons (Fsp3) is 0.700. The number of hydrogen-bond donors (Lipinski definition) is 1. The number of aromatic nitrogens is 2. The minimum Gasteiger partial charge on any atom is -0.256 e. The molecule has 1 unspecified atom stereocenters. The van der Waals surface area contributed by atoms with Gasteiger partial charge in [0.1, 0.15) is 0 Å². The van der Waals surface area contributed by atoms with E-state index in [-0.39, 0.29) is 5.03 Å². The smallest absolute Gasteiger partial charge is 0.256 e. The van der Waals surface area contributed by atoms with Gasteiger partial charge in [-0.1, -0.05) is 29.3 Å². The monoisotopic (exact) mass is 323 g/mol. The average Bonchev–Trinajstić information content (AvgIpc) is 2.71. The Labute approximate surface area is 111 Å². The maximum Gasteiger partial charge on any atom is 0.257 e. The van der Waals surface area contributed by atoms with Crippen molar-refractivity contribution in [1.82, 2.24) is 14.5 Å². The Morgan fingerprint density at radius 2 is 2.29 bits per heavy atom. The first kappa shape index (κ1) is 14.7. The quantitative estimate of drug-likeness (QED) is 0.773. The molecule has 0 aliphatic heterocycles. The van der Waals surface area contributed by atoms with Crippen molar-refractivity contribution >= 4 is 26.0 Å². The van der Waals surface area contributed by atoms with Crippen molar-refractivity contribution in [1.29, 1.82) is 0 Å². The predicted molar refractivity (Wildman–Crippen MR) is 70.6 cm³/mol. The highest BCUT2D eigenvalue weighted by molar-refractivity contribution is 9.09. The fourth-order valence-electron chi connectivity index (χ4n) is 1.53. The van der Waals surface area contributed by atoms with Gasteiger partial charge in [0, 0.05) is 18.9 Å². The first-order chi connectivity index (χ1) is 8.01. The van der Waals surface area contributed by atoms with Crippen LogP contribution < -0.4 is 4.72 Å². The van der Waals surface area contributed by atoms with Crippen LogP contribution in [0.25, 0.3) is 0 Å². The van der Waals surface area contributed by atoms with Gasteiger partial charge in [-0.2, -0.15) is 5.10 Å². The molecule has 0 fully saturated rings. The van der Waals surface area contributed by atoms with E-state index in [1.807, 2.05) is 0 Å². The summed E-state index contributed by atoms with van der Waals surface area (Å²) in [4.78, 5) is 0. The van der Waals surface area contributed by atoms with Gasteiger partial charge in [0.15, 0.2) is 5.03 Å². The Morgan fingerprint density at radius 1 is 1.59 bits per heavy atom. The molecule has 0 saturated carbocycles. The van der Waals surface area contributed by atoms with Crippen molar-refractivity contribution in [2.24, 2.45) is 13.0 Å². The highest BCUT2D eigenvalue weighted by atomic mass is 79.9. The van der Waals surface area contributed by atoms with E-state index < -0.39 is 10.0 Å². The number of rotatable bonds is 7. The molecule has 0 amide bonds. The molecule has 1 N–H and O–H groups in total. The number of hydrogen-bond acceptors (Lipinski definition) is 3. The second-order valence-electron chi connectivity index (χ2n) is 3.90. The van der Waals surface area contributed by atoms with E-state index in [1.54, 1.807) is 7.05 Å². The molecule has 0 saturated heterocycles. The molecule has 1 atom stereocenters. The molecule has 98 valence electrons. The van der Waals surface area contributed by atoms with E-state index in [9.17, 15) is 8.42 Å². The van der Waals surface area contributed by atoms with Crippen LogP contribution in [-0.4, -0.2) is 30.1 Å². The molecule has 7 heteroatoms. The van der Waals surface area contributed by atoms with Crippen LogP contribution in [0, 0.1) is 5.92 Å². The molecule has 0 bridgehead atoms. The largest absolute Gasteiger partial charge is 0.257 e. The topological polar surface area (TPSA) is 64.0 Å². The Kier molecular flexibility index (Phi) is 5.61. The molecular formula is C10H18BrN3O2S. The summed E-state index contributed by atoms with van der Waals surface area (Å²) in [6, 6.07) is 1.49. The first-order valence-corrected chi connectivity index (χ1v) is 8.15. The van der Waals surface area contributed by atoms with Crippen LogP contribution in [0.3, 0.4) is 0 Å². The maximum absolute atomic E-state index is 12.0. The van der Waals surface area contributed by atoms with Crippen LogP contribution in [0.5, 0.6) is 0 Å². The van der Waals surface area contributed by atoms with Gasteiger partial charge in [0.2, 0.25) is 0 Å². The van der Waals surface area contributed by atoms with Gasteiger partial charge in [-0.15, -0.1) is 0 Å². The Morgan fingerprint density at radius 3 is 2.76 bits per heavy atom. The molecule has 0 aromatic carbocycles. The van der Waals surface area contributed by atoms with Crippen LogP contribution in [0.15, 0.2) is 17.3 Å². The maximum atomic E-state index is 12.0. The molecule has 0 aliphatic rings. The molecular weight excluding hydrogens is 306 g/mol. The molecule has 17 heavy (non-hydrogen) atoms. The van der Waals surface area contributed by atoms with Gasteiger partial charge in [-0.3, -0.25) is 4.68 Å². The first-order valence-electron chi connectivity index (χ1n) is 5.55. The van der Waals surface area contributed by atoms with E-state index in [1.165, 1.54) is 16.9 Å². The fourth-order valence-corrected chi connectivity index (χ4v) is 3.42. The minimum absolute atomic E-state index is 0.200. The van der Waals surface area contributed by atoms with Crippen molar-refractivity contribution < 1.29 is 8.42 Å². The van der Waals surface area contributed by atoms with Gasteiger partial charge in [0.25, 0.3) is 10.0 Å². The lowest BCUT2D eigenvalue weighted by molar-refractivity contribution is 0.480. The van der Waals surface area contributed by atoms with Crippen LogP contribution in [-0.2, 0) is 17.1 Å². The Balaban J connectivity index is 2.65. The number of alkyl halides is 1. The van der Waals surface area contributed by atoms with E-state index in [4.69, 9.17) is 0 Å². The summed E-state index contributed by atoms with van der Waals surface area (Å²) in [7, 11) is -1.82. The third kappa shape index (κ3) is 4.08. The zero-order valence-electron chi connectivity index (χ0n) is 10.1. The van der Waals surface area contributed by atoms with E-state index in [0.717, 1.165) is 18.2 Å². The van der Waals surface area contributed by atoms with E-state index in [0.29, 0.717) is 12.5 Å². The summed E-state index contributed by atoms with van der Waals surface area (Å²) >= 11 is 3.37. The lowest BCUT2D eigenvalue weighted by atomic mass is 10.0. The zero-order chi connectivity index (χ0) is 12.9. The summed E-state index contributed by atoms with van der Waals surface area (Å²) in [5.41, 5.74) is 0. The van der Waals surface area contributed by atoms with Crippen LogP contribution in [0.1, 0.15) is 19.8 Å². The second-order valence-corrected chi connectivity index (χ2v) is 6.40. The number of sulfonamides is 1. The summed E-state index contributed by atoms with van der Waals surface area (Å²) in [6.45, 7) is 2.53. The number of aryl methyl sites for hydroxylation is 1. The van der Waals surface area contributed by atoms with Gasteiger partial charge in [-0.25, -0.2) is 13.1 Å². The van der Waals surface area contributed by atoms with Crippen molar-refractivity contribution in [3.05, 3.63) is 12.3 Å². The minimum atomic E-state index is -3.44. The van der Waals surface area contributed by atoms with Crippen LogP contribution in [0.4, 0.5) is 0 Å². The zero-order valence-corrected chi connectivity index (χ0v) is 12.5. The van der Waals surface area contributed by atoms with Gasteiger partial charge in [-0.05, 0) is 18.4 Å². The standard InChI is InChI=1S/C10H18BrN3O2S/c1-3-9(4-6-11)8-13-17(15,16)10-5-7-12-14(10)2/h5,7,9,13H,3-4,6,8H2,1-2H3. The normalized spacial score (nSPS) is 13.8. The molecule has 0 aliphatic carbocycles. The lowest BCUT2D eigenvalue weighted by Gasteiger charge is -2.14. The Bertz CT molecular complexity index is 444. The van der Waals surface area contributed by atoms with E-state index in [2.05, 4.69) is 32.7 Å². The predicted octanol–water partition coefficient (Wildman–Crippen LogP) is 1.51. The third-order valence-corrected chi connectivity index (χ3v) is 4.66. The number of halogens is 1. The molecule has 5 nitrogen and oxygen atoms in total. The second kappa shape index (κ2) is 6.51. The number of nitrogens with one attached hydrogen (secondary N) is 1. The summed E-state index contributed by atoms with van der Waals surface area (Å²) in [5.74, 6) is 0.359. The molecule has 1 heterocycles. The molecule has 1 aromatic heterocycles. The van der Waals surface area contributed by atoms with Crippen molar-refractivity contribution in [3.8, 4) is 0 Å². The average molecular weight is 324 g/mol. The molecule has 1 rings (SSSR count). The van der Waals surface area contributed by atoms with Crippen molar-refractivity contribution in [3.63, 3.8) is 0 Å². The van der Waals surface area contributed by atoms with E-state index >= 15 is 0 Å². The van der Waals surface area contributed by atoms with Crippen LogP contribution in [0.2, 0.25) is 0 Å². The van der Waals surface area contributed by atoms with Gasteiger partial charge >= 0.3 is 0 Å². The number of nitrogens with zero attached hydrogens (tertiary/aromatic N) is 2. The van der Waals surface area contributed by atoms with Gasteiger partial charge < -0.3 is 0 Å². The van der Waals surface area contributed by atoms with Gasteiger partial charge in [0.05, 0.1) is 6.20 Å². The summed E-state index contributed by atoms with van der Waals surface area (Å²) in [6.07, 6.45) is 3.40. The molecule has 0 radical (unpaired) electrons. The Hall–Kier alpha value is -0.400. The SMILES string of the molecule is CCC(CCBr)CNS(=O)(=O)c1ccnn1C.